The first-order chi connectivity index (χ1) is 19.9. The number of fused-ring (bicyclic) bond motifs is 3. The van der Waals surface area contributed by atoms with Gasteiger partial charge in [0.2, 0.25) is 0 Å². The summed E-state index contributed by atoms with van der Waals surface area (Å²) < 4.78 is 53.7. The van der Waals surface area contributed by atoms with Crippen LogP contribution in [0.5, 0.6) is 11.5 Å². The highest BCUT2D eigenvalue weighted by Crippen LogP contribution is 2.39. The Morgan fingerprint density at radius 1 is 0.634 bits per heavy atom. The zero-order valence-corrected chi connectivity index (χ0v) is 22.3. The number of hydrogen-bond donors (Lipinski definition) is 0. The van der Waals surface area contributed by atoms with Crippen molar-refractivity contribution in [2.75, 3.05) is 14.2 Å². The SMILES string of the molecule is COc1ccc(C#Cc2cc3c(cc(-c4ccc(OC)cc4)n3-c3cccc(C(F)(F)F)c3)c3ccccc23)cc1. The lowest BCUT2D eigenvalue weighted by Crippen LogP contribution is -2.06. The minimum Gasteiger partial charge on any atom is -0.497 e. The van der Waals surface area contributed by atoms with Crippen molar-refractivity contribution in [1.82, 2.24) is 4.57 Å². The maximum Gasteiger partial charge on any atom is 0.416 e. The molecule has 0 N–H and O–H groups in total. The molecule has 5 aromatic carbocycles. The molecule has 0 saturated carbocycles. The van der Waals surface area contributed by atoms with Gasteiger partial charge in [0, 0.05) is 22.2 Å². The Hall–Kier alpha value is -5.15. The Morgan fingerprint density at radius 3 is 1.95 bits per heavy atom. The number of halogens is 3. The maximum atomic E-state index is 13.8. The van der Waals surface area contributed by atoms with E-state index in [1.807, 2.05) is 89.5 Å². The van der Waals surface area contributed by atoms with Crippen molar-refractivity contribution in [1.29, 1.82) is 0 Å². The van der Waals surface area contributed by atoms with Crippen LogP contribution in [0.15, 0.2) is 109 Å². The van der Waals surface area contributed by atoms with Gasteiger partial charge in [-0.2, -0.15) is 13.2 Å². The molecule has 0 atom stereocenters. The largest absolute Gasteiger partial charge is 0.497 e. The van der Waals surface area contributed by atoms with Gasteiger partial charge < -0.3 is 14.0 Å². The summed E-state index contributed by atoms with van der Waals surface area (Å²) in [5.41, 5.74) is 3.65. The van der Waals surface area contributed by atoms with E-state index in [0.717, 1.165) is 55.9 Å². The summed E-state index contributed by atoms with van der Waals surface area (Å²) in [6, 6.07) is 32.3. The van der Waals surface area contributed by atoms with Crippen molar-refractivity contribution >= 4 is 21.7 Å². The number of hydrogen-bond acceptors (Lipinski definition) is 2. The van der Waals surface area contributed by atoms with Gasteiger partial charge in [-0.15, -0.1) is 0 Å². The first-order valence-corrected chi connectivity index (χ1v) is 12.9. The Bertz CT molecular complexity index is 1940. The smallest absolute Gasteiger partial charge is 0.416 e. The van der Waals surface area contributed by atoms with Crippen LogP contribution in [0.3, 0.4) is 0 Å². The number of benzene rings is 5. The lowest BCUT2D eigenvalue weighted by Gasteiger charge is -2.15. The van der Waals surface area contributed by atoms with Crippen LogP contribution >= 0.6 is 0 Å². The van der Waals surface area contributed by atoms with E-state index < -0.39 is 11.7 Å². The summed E-state index contributed by atoms with van der Waals surface area (Å²) in [6.45, 7) is 0. The summed E-state index contributed by atoms with van der Waals surface area (Å²) in [5.74, 6) is 7.98. The number of aromatic nitrogens is 1. The number of ether oxygens (including phenoxy) is 2. The Balaban J connectivity index is 1.64. The molecule has 1 aromatic heterocycles. The second-order valence-electron chi connectivity index (χ2n) is 9.52. The monoisotopic (exact) mass is 547 g/mol. The average Bonchev–Trinajstić information content (AvgIpc) is 3.39. The van der Waals surface area contributed by atoms with Gasteiger partial charge in [0.05, 0.1) is 31.0 Å². The van der Waals surface area contributed by atoms with Gasteiger partial charge in [-0.1, -0.05) is 42.2 Å². The first kappa shape index (κ1) is 26.1. The summed E-state index contributed by atoms with van der Waals surface area (Å²) in [5, 5.41) is 2.84. The quantitative estimate of drug-likeness (QED) is 0.206. The van der Waals surface area contributed by atoms with Crippen molar-refractivity contribution in [3.63, 3.8) is 0 Å². The predicted molar refractivity (Wildman–Crippen MR) is 157 cm³/mol. The standard InChI is InChI=1S/C35H24F3NO2/c1-40-28-16-11-23(12-17-28)10-13-25-20-34-32(31-9-4-3-8-30(25)31)22-33(24-14-18-29(41-2)19-15-24)39(34)27-7-5-6-26(21-27)35(36,37)38/h3-9,11-12,14-22H,1-2H3. The molecule has 0 aliphatic rings. The molecule has 41 heavy (non-hydrogen) atoms. The minimum atomic E-state index is -4.47. The van der Waals surface area contributed by atoms with Gasteiger partial charge in [-0.3, -0.25) is 0 Å². The number of alkyl halides is 3. The maximum absolute atomic E-state index is 13.8. The van der Waals surface area contributed by atoms with Gasteiger partial charge in [0.1, 0.15) is 11.5 Å². The summed E-state index contributed by atoms with van der Waals surface area (Å²) in [7, 11) is 3.21. The van der Waals surface area contributed by atoms with Crippen LogP contribution in [0.2, 0.25) is 0 Å². The molecule has 0 unspecified atom stereocenters. The summed E-state index contributed by atoms with van der Waals surface area (Å²) in [4.78, 5) is 0. The van der Waals surface area contributed by atoms with Crippen molar-refractivity contribution in [3.8, 4) is 40.3 Å². The molecule has 6 aromatic rings. The van der Waals surface area contributed by atoms with Crippen molar-refractivity contribution in [2.24, 2.45) is 0 Å². The van der Waals surface area contributed by atoms with E-state index >= 15 is 0 Å². The van der Waals surface area contributed by atoms with Crippen molar-refractivity contribution in [3.05, 3.63) is 126 Å². The van der Waals surface area contributed by atoms with E-state index in [4.69, 9.17) is 9.47 Å². The van der Waals surface area contributed by atoms with E-state index in [1.165, 1.54) is 12.1 Å². The Labute approximate surface area is 235 Å². The molecule has 0 bridgehead atoms. The van der Waals surface area contributed by atoms with Crippen LogP contribution in [0.1, 0.15) is 16.7 Å². The zero-order valence-electron chi connectivity index (χ0n) is 22.3. The highest BCUT2D eigenvalue weighted by atomic mass is 19.4. The normalized spacial score (nSPS) is 11.3. The van der Waals surface area contributed by atoms with Crippen molar-refractivity contribution < 1.29 is 22.6 Å². The topological polar surface area (TPSA) is 23.4 Å². The van der Waals surface area contributed by atoms with Gasteiger partial charge in [-0.25, -0.2) is 0 Å². The molecule has 202 valence electrons. The van der Waals surface area contributed by atoms with Gasteiger partial charge in [-0.05, 0) is 95.2 Å². The lowest BCUT2D eigenvalue weighted by molar-refractivity contribution is -0.137. The average molecular weight is 548 g/mol. The van der Waals surface area contributed by atoms with Crippen LogP contribution in [0.4, 0.5) is 13.2 Å². The molecule has 0 radical (unpaired) electrons. The number of methoxy groups -OCH3 is 2. The molecule has 6 heteroatoms. The molecule has 0 amide bonds. The zero-order chi connectivity index (χ0) is 28.6. The number of rotatable bonds is 4. The third-order valence-electron chi connectivity index (χ3n) is 7.08. The third-order valence-corrected chi connectivity index (χ3v) is 7.08. The lowest BCUT2D eigenvalue weighted by atomic mass is 10.0. The summed E-state index contributed by atoms with van der Waals surface area (Å²) >= 11 is 0. The number of nitrogens with zero attached hydrogens (tertiary/aromatic N) is 1. The van der Waals surface area contributed by atoms with E-state index in [1.54, 1.807) is 20.3 Å². The first-order valence-electron chi connectivity index (χ1n) is 12.9. The molecule has 6 rings (SSSR count). The van der Waals surface area contributed by atoms with Gasteiger partial charge in [0.25, 0.3) is 0 Å². The van der Waals surface area contributed by atoms with Crippen LogP contribution in [-0.4, -0.2) is 18.8 Å². The van der Waals surface area contributed by atoms with Gasteiger partial charge >= 0.3 is 6.18 Å². The molecule has 0 aliphatic heterocycles. The Morgan fingerprint density at radius 2 is 1.29 bits per heavy atom. The fourth-order valence-corrected chi connectivity index (χ4v) is 5.04. The summed E-state index contributed by atoms with van der Waals surface area (Å²) in [6.07, 6.45) is -4.47. The third kappa shape index (κ3) is 4.99. The van der Waals surface area contributed by atoms with Crippen LogP contribution < -0.4 is 9.47 Å². The molecule has 3 nitrogen and oxygen atoms in total. The Kier molecular flexibility index (Phi) is 6.64. The van der Waals surface area contributed by atoms with E-state index in [-0.39, 0.29) is 0 Å². The molecule has 0 spiro atoms. The fourth-order valence-electron chi connectivity index (χ4n) is 5.04. The van der Waals surface area contributed by atoms with Crippen LogP contribution in [-0.2, 0) is 6.18 Å². The second-order valence-corrected chi connectivity index (χ2v) is 9.52. The highest BCUT2D eigenvalue weighted by Gasteiger charge is 2.31. The predicted octanol–water partition coefficient (Wildman–Crippen LogP) is 8.89. The van der Waals surface area contributed by atoms with Crippen LogP contribution in [0.25, 0.3) is 38.6 Å². The van der Waals surface area contributed by atoms with E-state index in [2.05, 4.69) is 11.8 Å². The second kappa shape index (κ2) is 10.4. The molecule has 1 heterocycles. The molecular formula is C35H24F3NO2. The fraction of sp³-hybridized carbons (Fsp3) is 0.0857. The van der Waals surface area contributed by atoms with E-state index in [0.29, 0.717) is 11.4 Å². The van der Waals surface area contributed by atoms with Gasteiger partial charge in [0.15, 0.2) is 0 Å². The molecule has 0 fully saturated rings. The van der Waals surface area contributed by atoms with Crippen LogP contribution in [0, 0.1) is 11.8 Å². The van der Waals surface area contributed by atoms with Crippen molar-refractivity contribution in [2.45, 2.75) is 6.18 Å². The molecular weight excluding hydrogens is 523 g/mol. The molecule has 0 aliphatic carbocycles. The molecule has 0 saturated heterocycles. The highest BCUT2D eigenvalue weighted by molar-refractivity contribution is 6.11. The minimum absolute atomic E-state index is 0.407. The van der Waals surface area contributed by atoms with E-state index in [9.17, 15) is 13.2 Å².